The van der Waals surface area contributed by atoms with E-state index in [1.165, 1.54) is 80.9 Å². The van der Waals surface area contributed by atoms with Gasteiger partial charge in [0.15, 0.2) is 11.9 Å². The molecule has 0 bridgehead atoms. The highest BCUT2D eigenvalue weighted by molar-refractivity contribution is 7.90. The number of sulfonamides is 1. The van der Waals surface area contributed by atoms with Crippen molar-refractivity contribution in [1.29, 1.82) is 0 Å². The number of hydrogen-bond donors (Lipinski definition) is 2. The zero-order valence-electron chi connectivity index (χ0n) is 40.8. The summed E-state index contributed by atoms with van der Waals surface area (Å²) in [6.07, 6.45) is 15.9. The molecule has 1 aromatic heterocycles. The van der Waals surface area contributed by atoms with Gasteiger partial charge in [0, 0.05) is 19.8 Å². The number of esters is 1. The first-order valence-electron chi connectivity index (χ1n) is 24.6. The van der Waals surface area contributed by atoms with Crippen LogP contribution in [0.25, 0.3) is 0 Å². The molecule has 0 radical (unpaired) electrons. The van der Waals surface area contributed by atoms with E-state index in [2.05, 4.69) is 26.1 Å². The third kappa shape index (κ3) is 14.2. The summed E-state index contributed by atoms with van der Waals surface area (Å²) in [6.45, 7) is 9.00. The number of para-hydroxylation sites is 1. The number of imidazole rings is 1. The van der Waals surface area contributed by atoms with Crippen LogP contribution in [-0.4, -0.2) is 84.8 Å². The molecule has 2 N–H and O–H groups in total. The van der Waals surface area contributed by atoms with Crippen molar-refractivity contribution in [2.45, 2.75) is 141 Å². The van der Waals surface area contributed by atoms with Crippen LogP contribution in [0.2, 0.25) is 0 Å². The lowest BCUT2D eigenvalue weighted by molar-refractivity contribution is -0.117. The lowest BCUT2D eigenvalue weighted by Gasteiger charge is -2.33. The average Bonchev–Trinajstić information content (AvgIpc) is 3.56. The average molecular weight is 960 g/mol. The summed E-state index contributed by atoms with van der Waals surface area (Å²) in [6, 6.07) is 17.8. The first-order valence-corrected chi connectivity index (χ1v) is 26.1. The van der Waals surface area contributed by atoms with Crippen molar-refractivity contribution in [1.82, 2.24) is 13.4 Å². The van der Waals surface area contributed by atoms with Crippen molar-refractivity contribution in [3.8, 4) is 17.5 Å². The van der Waals surface area contributed by atoms with Crippen LogP contribution in [0, 0.1) is 5.92 Å². The number of aromatic hydroxyl groups is 1. The van der Waals surface area contributed by atoms with Crippen LogP contribution < -0.4 is 20.5 Å². The summed E-state index contributed by atoms with van der Waals surface area (Å²) in [5.41, 5.74) is 0.0365. The number of amides is 1. The molecule has 1 aliphatic heterocycles. The van der Waals surface area contributed by atoms with Gasteiger partial charge in [-0.15, -0.1) is 0 Å². The van der Waals surface area contributed by atoms with E-state index in [-0.39, 0.29) is 77.9 Å². The number of ether oxygens (including phenoxy) is 4. The fourth-order valence-electron chi connectivity index (χ4n) is 8.33. The molecule has 0 fully saturated rings. The van der Waals surface area contributed by atoms with E-state index in [4.69, 9.17) is 23.9 Å². The van der Waals surface area contributed by atoms with Crippen LogP contribution in [0.3, 0.4) is 0 Å². The summed E-state index contributed by atoms with van der Waals surface area (Å²) >= 11 is 0. The van der Waals surface area contributed by atoms with Gasteiger partial charge in [0.2, 0.25) is 0 Å². The molecular weight excluding hydrogens is 887 g/mol. The fraction of sp³-hybridized carbons (Fsp3) is 0.538. The Balaban J connectivity index is 1.53. The topological polar surface area (TPSA) is 180 Å². The molecule has 0 saturated carbocycles. The van der Waals surface area contributed by atoms with Crippen LogP contribution in [0.5, 0.6) is 17.5 Å². The number of amidine groups is 1. The Morgan fingerprint density at radius 1 is 0.794 bits per heavy atom. The minimum Gasteiger partial charge on any atom is -0.491 e. The number of fused-ring (bicyclic) bond motifs is 1. The van der Waals surface area contributed by atoms with Crippen molar-refractivity contribution >= 4 is 39.1 Å². The Morgan fingerprint density at radius 3 is 2.13 bits per heavy atom. The molecule has 2 atom stereocenters. The van der Waals surface area contributed by atoms with Crippen LogP contribution >= 0.6 is 0 Å². The minimum atomic E-state index is -4.41. The van der Waals surface area contributed by atoms with E-state index < -0.39 is 39.5 Å². The second-order valence-electron chi connectivity index (χ2n) is 17.3. The number of anilines is 1. The normalized spacial score (nSPS) is 13.9. The molecule has 1 amide bonds. The van der Waals surface area contributed by atoms with Gasteiger partial charge in [0.25, 0.3) is 27.7 Å². The van der Waals surface area contributed by atoms with E-state index >= 15 is 4.79 Å². The maximum absolute atomic E-state index is 15.3. The van der Waals surface area contributed by atoms with Gasteiger partial charge < -0.3 is 29.4 Å². The molecule has 0 spiro atoms. The highest BCUT2D eigenvalue weighted by atomic mass is 32.2. The van der Waals surface area contributed by atoms with E-state index in [1.807, 2.05) is 6.07 Å². The zero-order valence-corrected chi connectivity index (χ0v) is 41.6. The van der Waals surface area contributed by atoms with E-state index in [1.54, 1.807) is 49.4 Å². The number of nitrogens with one attached hydrogen (secondary N) is 1. The molecule has 2 unspecified atom stereocenters. The summed E-state index contributed by atoms with van der Waals surface area (Å²) in [5.74, 6) is -2.47. The third-order valence-corrected chi connectivity index (χ3v) is 14.1. The maximum atomic E-state index is 15.3. The number of rotatable bonds is 31. The smallest absolute Gasteiger partial charge is 0.337 e. The lowest BCUT2D eigenvalue weighted by Crippen LogP contribution is -2.49. The van der Waals surface area contributed by atoms with E-state index in [0.717, 1.165) is 53.8 Å². The Morgan fingerprint density at radius 2 is 1.46 bits per heavy atom. The molecular formula is C52H73N5O10S. The van der Waals surface area contributed by atoms with Gasteiger partial charge in [0.05, 0.1) is 43.8 Å². The number of aliphatic imine (C=N–C) groups is 1. The number of carbonyl (C=O) groups is 2. The van der Waals surface area contributed by atoms with Gasteiger partial charge in [-0.3, -0.25) is 13.7 Å². The lowest BCUT2D eigenvalue weighted by atomic mass is 10.0. The molecule has 0 aliphatic carbocycles. The Labute approximate surface area is 402 Å². The Hall–Kier alpha value is -5.61. The Bertz CT molecular complexity index is 2420. The van der Waals surface area contributed by atoms with Gasteiger partial charge in [-0.05, 0) is 68.0 Å². The second kappa shape index (κ2) is 27.4. The Kier molecular flexibility index (Phi) is 21.5. The molecule has 3 aromatic carbocycles. The zero-order chi connectivity index (χ0) is 48.9. The molecule has 15 nitrogen and oxygen atoms in total. The van der Waals surface area contributed by atoms with Gasteiger partial charge in [-0.1, -0.05) is 140 Å². The number of nitrogens with zero attached hydrogens (tertiary/aromatic N) is 4. The van der Waals surface area contributed by atoms with Gasteiger partial charge in [-0.25, -0.2) is 27.6 Å². The molecule has 1 aliphatic rings. The third-order valence-electron chi connectivity index (χ3n) is 12.2. The molecule has 2 heterocycles. The van der Waals surface area contributed by atoms with Crippen molar-refractivity contribution < 1.29 is 42.1 Å². The SMILES string of the molecule is CCCCCCCCCCCCOCCCN1C(C(C(=O)Nc2cc(C(=O)OC)ccc2OCC(CC)CCCC)n2c(O)c(OCC)n(Cc3ccccc3)c2=O)=Nc2ccccc2S1(=O)=O. The molecule has 4 aromatic rings. The van der Waals surface area contributed by atoms with Crippen molar-refractivity contribution in [2.75, 3.05) is 45.4 Å². The molecule has 68 heavy (non-hydrogen) atoms. The number of carbonyl (C=O) groups excluding carboxylic acids is 2. The first kappa shape index (κ1) is 53.3. The molecule has 0 saturated heterocycles. The standard InChI is InChI=1S/C52H73N5O10S/c1-6-10-12-13-14-15-16-17-18-24-34-65-35-25-33-56-47(53-42-29-22-23-30-45(42)68(56,62)63)46(57-49(59)50(66-9-4)55(52(57)61)37-40-27-20-19-21-28-40)48(58)54-43-36-41(51(60)64-5)31-32-44(43)67-38-39(8-3)26-11-7-2/h19-23,27-32,36,39,46,59H,6-18,24-26,33-35,37-38H2,1-5H3,(H,54,58). The molecule has 372 valence electrons. The van der Waals surface area contributed by atoms with Crippen LogP contribution in [-0.2, 0) is 30.8 Å². The van der Waals surface area contributed by atoms with E-state index in [0.29, 0.717) is 18.8 Å². The largest absolute Gasteiger partial charge is 0.491 e. The number of aromatic nitrogens is 2. The van der Waals surface area contributed by atoms with Crippen LogP contribution in [0.1, 0.15) is 146 Å². The first-order chi connectivity index (χ1) is 33.0. The summed E-state index contributed by atoms with van der Waals surface area (Å²) in [7, 11) is -3.17. The van der Waals surface area contributed by atoms with Crippen molar-refractivity contribution in [3.63, 3.8) is 0 Å². The van der Waals surface area contributed by atoms with Crippen LogP contribution in [0.15, 0.2) is 87.5 Å². The quantitative estimate of drug-likeness (QED) is 0.0364. The minimum absolute atomic E-state index is 0.0458. The fourth-order valence-corrected chi connectivity index (χ4v) is 9.95. The number of unbranched alkanes of at least 4 members (excludes halogenated alkanes) is 10. The van der Waals surface area contributed by atoms with Gasteiger partial charge >= 0.3 is 11.7 Å². The van der Waals surface area contributed by atoms with Crippen LogP contribution in [0.4, 0.5) is 11.4 Å². The predicted molar refractivity (Wildman–Crippen MR) is 266 cm³/mol. The summed E-state index contributed by atoms with van der Waals surface area (Å²) in [5, 5.41) is 14.9. The monoisotopic (exact) mass is 960 g/mol. The summed E-state index contributed by atoms with van der Waals surface area (Å²) < 4.78 is 55.8. The predicted octanol–water partition coefficient (Wildman–Crippen LogP) is 10.4. The maximum Gasteiger partial charge on any atom is 0.337 e. The van der Waals surface area contributed by atoms with Gasteiger partial charge in [-0.2, -0.15) is 0 Å². The van der Waals surface area contributed by atoms with E-state index in [9.17, 15) is 23.1 Å². The van der Waals surface area contributed by atoms with Gasteiger partial charge in [0.1, 0.15) is 10.6 Å². The molecule has 5 rings (SSSR count). The number of hydrogen-bond acceptors (Lipinski definition) is 11. The highest BCUT2D eigenvalue weighted by Gasteiger charge is 2.44. The molecule has 16 heteroatoms. The van der Waals surface area contributed by atoms with Crippen molar-refractivity contribution in [2.24, 2.45) is 10.9 Å². The van der Waals surface area contributed by atoms with Crippen molar-refractivity contribution in [3.05, 3.63) is 94.4 Å². The number of benzene rings is 3. The summed E-state index contributed by atoms with van der Waals surface area (Å²) in [4.78, 5) is 47.8. The number of methoxy groups -OCH3 is 1. The second-order valence-corrected chi connectivity index (χ2v) is 19.1. The highest BCUT2D eigenvalue weighted by Crippen LogP contribution is 2.38.